The second-order valence-electron chi connectivity index (χ2n) is 9.77. The molecule has 0 heterocycles. The molecule has 0 aromatic heterocycles. The SMILES string of the molecule is Cc1ccc(C2=CC[C@H]3[C@@H](O[Si](C(C)C)(C(C)C)C(C)C)CC[C@@H]23)c(F)c1F. The number of halogens is 2. The van der Waals surface area contributed by atoms with Crippen molar-refractivity contribution >= 4 is 13.9 Å². The third-order valence-electron chi connectivity index (χ3n) is 7.41. The second-order valence-corrected chi connectivity index (χ2v) is 15.2. The normalized spacial score (nSPS) is 25.1. The van der Waals surface area contributed by atoms with Crippen LogP contribution in [-0.2, 0) is 4.43 Å². The maximum absolute atomic E-state index is 14.6. The van der Waals surface area contributed by atoms with E-state index < -0.39 is 20.0 Å². The number of fused-ring (bicyclic) bond motifs is 1. The highest BCUT2D eigenvalue weighted by Crippen LogP contribution is 2.53. The molecule has 1 aromatic carbocycles. The highest BCUT2D eigenvalue weighted by molar-refractivity contribution is 6.77. The summed E-state index contributed by atoms with van der Waals surface area (Å²) in [5, 5.41) is 0. The zero-order chi connectivity index (χ0) is 20.8. The summed E-state index contributed by atoms with van der Waals surface area (Å²) < 4.78 is 35.8. The van der Waals surface area contributed by atoms with Gasteiger partial charge in [-0.1, -0.05) is 59.8 Å². The van der Waals surface area contributed by atoms with Crippen LogP contribution >= 0.6 is 0 Å². The summed E-state index contributed by atoms with van der Waals surface area (Å²) in [7, 11) is -1.94. The van der Waals surface area contributed by atoms with E-state index >= 15 is 0 Å². The summed E-state index contributed by atoms with van der Waals surface area (Å²) >= 11 is 0. The smallest absolute Gasteiger partial charge is 0.200 e. The molecule has 0 spiro atoms. The number of hydrogen-bond acceptors (Lipinski definition) is 1. The predicted octanol–water partition coefficient (Wildman–Crippen LogP) is 7.65. The molecule has 2 aliphatic carbocycles. The van der Waals surface area contributed by atoms with Gasteiger partial charge in [0.05, 0.1) is 0 Å². The van der Waals surface area contributed by atoms with Crippen LogP contribution < -0.4 is 0 Å². The van der Waals surface area contributed by atoms with E-state index in [2.05, 4.69) is 47.6 Å². The van der Waals surface area contributed by atoms with E-state index in [-0.39, 0.29) is 6.10 Å². The van der Waals surface area contributed by atoms with Crippen molar-refractivity contribution in [1.82, 2.24) is 0 Å². The predicted molar refractivity (Wildman–Crippen MR) is 116 cm³/mol. The standard InChI is InChI=1S/C24H36F2OSi/c1-14(2)28(15(3)4,16(5)6)27-22-13-12-18-19(10-11-20(18)22)21-9-8-17(7)23(25)24(21)26/h8-10,14-16,18,20,22H,11-13H2,1-7H3/t18-,20+,22-/m0/s1. The minimum Gasteiger partial charge on any atom is -0.413 e. The fraction of sp³-hybridized carbons (Fsp3) is 0.667. The lowest BCUT2D eigenvalue weighted by Gasteiger charge is -2.45. The van der Waals surface area contributed by atoms with Crippen LogP contribution in [0.25, 0.3) is 5.57 Å². The van der Waals surface area contributed by atoms with E-state index in [1.807, 2.05) is 0 Å². The second kappa shape index (κ2) is 8.02. The minimum atomic E-state index is -1.94. The van der Waals surface area contributed by atoms with Gasteiger partial charge in [0.15, 0.2) is 11.6 Å². The molecule has 3 atom stereocenters. The lowest BCUT2D eigenvalue weighted by Crippen LogP contribution is -2.50. The summed E-state index contributed by atoms with van der Waals surface area (Å²) in [6.45, 7) is 15.5. The fourth-order valence-corrected chi connectivity index (χ4v) is 11.8. The molecule has 0 radical (unpaired) electrons. The van der Waals surface area contributed by atoms with E-state index in [0.717, 1.165) is 24.8 Å². The molecule has 4 heteroatoms. The zero-order valence-electron chi connectivity index (χ0n) is 18.5. The minimum absolute atomic E-state index is 0.246. The molecule has 0 bridgehead atoms. The number of benzene rings is 1. The van der Waals surface area contributed by atoms with Gasteiger partial charge in [0, 0.05) is 11.7 Å². The summed E-state index contributed by atoms with van der Waals surface area (Å²) in [6.07, 6.45) is 5.34. The Labute approximate surface area is 170 Å². The highest BCUT2D eigenvalue weighted by Gasteiger charge is 2.51. The van der Waals surface area contributed by atoms with Crippen LogP contribution in [-0.4, -0.2) is 14.4 Å². The van der Waals surface area contributed by atoms with Gasteiger partial charge in [-0.15, -0.1) is 0 Å². The average molecular weight is 407 g/mol. The van der Waals surface area contributed by atoms with Gasteiger partial charge in [-0.3, -0.25) is 0 Å². The Kier molecular flexibility index (Phi) is 6.22. The molecule has 1 saturated carbocycles. The van der Waals surface area contributed by atoms with Crippen LogP contribution in [0.3, 0.4) is 0 Å². The summed E-state index contributed by atoms with van der Waals surface area (Å²) in [5.74, 6) is -0.702. The van der Waals surface area contributed by atoms with Crippen LogP contribution in [0, 0.1) is 30.4 Å². The number of allylic oxidation sites excluding steroid dienone is 2. The van der Waals surface area contributed by atoms with Crippen LogP contribution in [0.15, 0.2) is 18.2 Å². The van der Waals surface area contributed by atoms with Crippen LogP contribution in [0.5, 0.6) is 0 Å². The van der Waals surface area contributed by atoms with E-state index in [0.29, 0.717) is 39.6 Å². The van der Waals surface area contributed by atoms with E-state index in [4.69, 9.17) is 4.43 Å². The third kappa shape index (κ3) is 3.41. The Morgan fingerprint density at radius 2 is 1.54 bits per heavy atom. The van der Waals surface area contributed by atoms with E-state index in [1.54, 1.807) is 19.1 Å². The summed E-state index contributed by atoms with van der Waals surface area (Å²) in [4.78, 5) is 0. The molecule has 0 N–H and O–H groups in total. The Balaban J connectivity index is 1.84. The van der Waals surface area contributed by atoms with Crippen molar-refractivity contribution in [2.24, 2.45) is 11.8 Å². The lowest BCUT2D eigenvalue weighted by atomic mass is 9.89. The van der Waals surface area contributed by atoms with Gasteiger partial charge in [-0.05, 0) is 65.8 Å². The van der Waals surface area contributed by atoms with Crippen molar-refractivity contribution in [2.75, 3.05) is 0 Å². The molecule has 1 nitrogen and oxygen atoms in total. The molecule has 1 aromatic rings. The fourth-order valence-electron chi connectivity index (χ4n) is 6.14. The first-order valence-corrected chi connectivity index (χ1v) is 13.1. The van der Waals surface area contributed by atoms with E-state index in [1.165, 1.54) is 0 Å². The zero-order valence-corrected chi connectivity index (χ0v) is 19.5. The van der Waals surface area contributed by atoms with Crippen molar-refractivity contribution in [3.05, 3.63) is 41.0 Å². The Morgan fingerprint density at radius 3 is 2.11 bits per heavy atom. The van der Waals surface area contributed by atoms with Crippen molar-refractivity contribution in [2.45, 2.75) is 90.5 Å². The first-order chi connectivity index (χ1) is 13.1. The summed E-state index contributed by atoms with van der Waals surface area (Å²) in [6, 6.07) is 3.45. The van der Waals surface area contributed by atoms with Crippen molar-refractivity contribution in [3.8, 4) is 0 Å². The molecule has 0 unspecified atom stereocenters. The van der Waals surface area contributed by atoms with Gasteiger partial charge in [0.25, 0.3) is 0 Å². The molecular formula is C24H36F2OSi. The Bertz CT molecular complexity index is 731. The molecule has 2 aliphatic rings. The lowest BCUT2D eigenvalue weighted by molar-refractivity contribution is 0.132. The van der Waals surface area contributed by atoms with Crippen molar-refractivity contribution in [3.63, 3.8) is 0 Å². The highest BCUT2D eigenvalue weighted by atomic mass is 28.4. The third-order valence-corrected chi connectivity index (χ3v) is 13.5. The Hall–Kier alpha value is -1.00. The topological polar surface area (TPSA) is 9.23 Å². The molecule has 1 fully saturated rings. The van der Waals surface area contributed by atoms with Gasteiger partial charge in [-0.25, -0.2) is 8.78 Å². The van der Waals surface area contributed by atoms with Gasteiger partial charge in [0.2, 0.25) is 8.32 Å². The Morgan fingerprint density at radius 1 is 0.929 bits per heavy atom. The first-order valence-electron chi connectivity index (χ1n) is 10.9. The maximum atomic E-state index is 14.6. The molecule has 0 aliphatic heterocycles. The largest absolute Gasteiger partial charge is 0.413 e. The van der Waals surface area contributed by atoms with Crippen LogP contribution in [0.2, 0.25) is 16.6 Å². The molecule has 156 valence electrons. The molecule has 0 saturated heterocycles. The summed E-state index contributed by atoms with van der Waals surface area (Å²) in [5.41, 5.74) is 3.50. The monoisotopic (exact) mass is 406 g/mol. The van der Waals surface area contributed by atoms with Gasteiger partial charge in [0.1, 0.15) is 0 Å². The quantitative estimate of drug-likeness (QED) is 0.441. The number of rotatable bonds is 6. The number of hydrogen-bond donors (Lipinski definition) is 0. The van der Waals surface area contributed by atoms with Gasteiger partial charge < -0.3 is 4.43 Å². The van der Waals surface area contributed by atoms with Crippen molar-refractivity contribution < 1.29 is 13.2 Å². The van der Waals surface area contributed by atoms with Gasteiger partial charge in [-0.2, -0.15) is 0 Å². The molecule has 3 rings (SSSR count). The van der Waals surface area contributed by atoms with E-state index in [9.17, 15) is 8.78 Å². The van der Waals surface area contributed by atoms with Crippen molar-refractivity contribution in [1.29, 1.82) is 0 Å². The maximum Gasteiger partial charge on any atom is 0.200 e. The van der Waals surface area contributed by atoms with Crippen LogP contribution in [0.4, 0.5) is 8.78 Å². The molecule has 0 amide bonds. The average Bonchev–Trinajstić information content (AvgIpc) is 3.19. The number of aryl methyl sites for hydroxylation is 1. The molecule has 28 heavy (non-hydrogen) atoms. The molecular weight excluding hydrogens is 370 g/mol. The first kappa shape index (κ1) is 21.7. The van der Waals surface area contributed by atoms with Crippen LogP contribution in [0.1, 0.15) is 71.9 Å². The van der Waals surface area contributed by atoms with Gasteiger partial charge >= 0.3 is 0 Å².